The van der Waals surface area contributed by atoms with Crippen LogP contribution in [-0.4, -0.2) is 97.2 Å². The summed E-state index contributed by atoms with van der Waals surface area (Å²) in [4.78, 5) is 20.8. The summed E-state index contributed by atoms with van der Waals surface area (Å²) in [6.45, 7) is 4.03. The van der Waals surface area contributed by atoms with Gasteiger partial charge in [0, 0.05) is 31.6 Å². The van der Waals surface area contributed by atoms with E-state index < -0.39 is 20.9 Å². The van der Waals surface area contributed by atoms with Crippen LogP contribution in [0.4, 0.5) is 0 Å². The van der Waals surface area contributed by atoms with Crippen molar-refractivity contribution >= 4 is 27.3 Å². The third kappa shape index (κ3) is 2.88. The highest BCUT2D eigenvalue weighted by Crippen LogP contribution is 2.46. The zero-order valence-electron chi connectivity index (χ0n) is 15.2. The molecule has 8 nitrogen and oxygen atoms in total. The van der Waals surface area contributed by atoms with Gasteiger partial charge in [-0.05, 0) is 27.4 Å². The van der Waals surface area contributed by atoms with E-state index in [-0.39, 0.29) is 12.0 Å². The molecule has 1 unspecified atom stereocenters. The average Bonchev–Trinajstić information content (AvgIpc) is 3.16. The fourth-order valence-corrected chi connectivity index (χ4v) is 7.13. The number of amides is 1. The molecule has 1 aromatic heterocycles. The number of aryl methyl sites for hydroxylation is 1. The molecule has 0 N–H and O–H groups in total. The van der Waals surface area contributed by atoms with Gasteiger partial charge in [-0.3, -0.25) is 4.79 Å². The number of hydrogen-bond acceptors (Lipinski definition) is 7. The van der Waals surface area contributed by atoms with Crippen LogP contribution in [0.2, 0.25) is 0 Å². The Kier molecular flexibility index (Phi) is 4.39. The number of carbonyl (C=O) groups is 1. The minimum absolute atomic E-state index is 0.133. The van der Waals surface area contributed by atoms with Gasteiger partial charge in [0.05, 0.1) is 17.7 Å². The number of thiazole rings is 1. The summed E-state index contributed by atoms with van der Waals surface area (Å²) in [5.74, 6) is -0.133. The monoisotopic (exact) mass is 400 g/mol. The van der Waals surface area contributed by atoms with Gasteiger partial charge in [0.15, 0.2) is 0 Å². The third-order valence-electron chi connectivity index (χ3n) is 5.43. The summed E-state index contributed by atoms with van der Waals surface area (Å²) < 4.78 is 33.7. The molecule has 3 aliphatic heterocycles. The van der Waals surface area contributed by atoms with Gasteiger partial charge in [0.25, 0.3) is 5.91 Å². The van der Waals surface area contributed by atoms with Crippen molar-refractivity contribution in [3.63, 3.8) is 0 Å². The lowest BCUT2D eigenvalue weighted by Crippen LogP contribution is -2.56. The number of hydrogen-bond donors (Lipinski definition) is 0. The normalized spacial score (nSPS) is 33.0. The van der Waals surface area contributed by atoms with Crippen LogP contribution in [0, 0.1) is 6.92 Å². The first kappa shape index (κ1) is 18.3. The highest BCUT2D eigenvalue weighted by molar-refractivity contribution is 7.90. The quantitative estimate of drug-likeness (QED) is 0.708. The van der Waals surface area contributed by atoms with Crippen molar-refractivity contribution in [2.24, 2.45) is 0 Å². The van der Waals surface area contributed by atoms with E-state index in [1.807, 2.05) is 25.9 Å². The fourth-order valence-electron chi connectivity index (χ4n) is 4.24. The van der Waals surface area contributed by atoms with Crippen LogP contribution >= 0.6 is 11.3 Å². The van der Waals surface area contributed by atoms with Gasteiger partial charge in [-0.2, -0.15) is 4.31 Å². The molecule has 1 aromatic rings. The SMILES string of the molecule is Cc1nc(C(=O)N2C[C@H]3C[C@H]4C(C2)(CN(CCN(C)C)S4(=O)=O)O3)cs1. The molecular weight excluding hydrogens is 376 g/mol. The van der Waals surface area contributed by atoms with Crippen molar-refractivity contribution in [3.8, 4) is 0 Å². The van der Waals surface area contributed by atoms with Gasteiger partial charge >= 0.3 is 0 Å². The predicted octanol–water partition coefficient (Wildman–Crippen LogP) is 0.0106. The van der Waals surface area contributed by atoms with E-state index in [0.29, 0.717) is 44.8 Å². The summed E-state index contributed by atoms with van der Waals surface area (Å²) in [5.41, 5.74) is -0.374. The number of nitrogens with zero attached hydrogens (tertiary/aromatic N) is 4. The molecule has 3 atom stereocenters. The van der Waals surface area contributed by atoms with Crippen molar-refractivity contribution < 1.29 is 17.9 Å². The highest BCUT2D eigenvalue weighted by Gasteiger charge is 2.65. The lowest BCUT2D eigenvalue weighted by Gasteiger charge is -2.39. The first-order valence-corrected chi connectivity index (χ1v) is 11.1. The van der Waals surface area contributed by atoms with Crippen LogP contribution in [0.1, 0.15) is 21.9 Å². The molecular formula is C16H24N4O4S2. The first-order valence-electron chi connectivity index (χ1n) is 8.74. The van der Waals surface area contributed by atoms with E-state index in [9.17, 15) is 13.2 Å². The second-order valence-electron chi connectivity index (χ2n) is 7.65. The molecule has 4 rings (SSSR count). The smallest absolute Gasteiger partial charge is 0.273 e. The predicted molar refractivity (Wildman–Crippen MR) is 97.8 cm³/mol. The molecule has 26 heavy (non-hydrogen) atoms. The van der Waals surface area contributed by atoms with Gasteiger partial charge in [-0.25, -0.2) is 13.4 Å². The molecule has 0 radical (unpaired) electrons. The number of carbonyl (C=O) groups excluding carboxylic acids is 1. The summed E-state index contributed by atoms with van der Waals surface area (Å²) in [6.07, 6.45) is 0.240. The Morgan fingerprint density at radius 2 is 2.23 bits per heavy atom. The van der Waals surface area contributed by atoms with Crippen LogP contribution in [0.15, 0.2) is 5.38 Å². The zero-order chi connectivity index (χ0) is 18.7. The fraction of sp³-hybridized carbons (Fsp3) is 0.750. The number of likely N-dealkylation sites (tertiary alicyclic amines) is 1. The number of sulfonamides is 1. The van der Waals surface area contributed by atoms with Crippen molar-refractivity contribution in [2.45, 2.75) is 30.3 Å². The van der Waals surface area contributed by atoms with Gasteiger partial charge in [-0.1, -0.05) is 0 Å². The summed E-state index contributed by atoms with van der Waals surface area (Å²) in [7, 11) is 0.440. The topological polar surface area (TPSA) is 83.1 Å². The molecule has 0 saturated carbocycles. The molecule has 1 spiro atoms. The Morgan fingerprint density at radius 1 is 1.46 bits per heavy atom. The van der Waals surface area contributed by atoms with Gasteiger partial charge in [-0.15, -0.1) is 11.3 Å². The van der Waals surface area contributed by atoms with E-state index in [1.165, 1.54) is 15.6 Å². The lowest BCUT2D eigenvalue weighted by molar-refractivity contribution is -0.0978. The standard InChI is InChI=1S/C16H24N4O4S2/c1-11-17-13(8-25-11)15(21)19-7-12-6-14-16(9-19,24-12)10-20(26(14,22)23)5-4-18(2)3/h8,12,14H,4-7,9-10H2,1-3H3/t12-,14+,16?/m1/s1. The minimum atomic E-state index is -3.40. The van der Waals surface area contributed by atoms with Crippen molar-refractivity contribution in [1.29, 1.82) is 0 Å². The molecule has 3 aliphatic rings. The number of aromatic nitrogens is 1. The first-order chi connectivity index (χ1) is 12.2. The van der Waals surface area contributed by atoms with Crippen LogP contribution in [-0.2, 0) is 14.8 Å². The maximum Gasteiger partial charge on any atom is 0.273 e. The Bertz CT molecular complexity index is 824. The minimum Gasteiger partial charge on any atom is -0.365 e. The summed E-state index contributed by atoms with van der Waals surface area (Å²) in [5, 5.41) is 2.05. The molecule has 3 saturated heterocycles. The maximum atomic E-state index is 13.0. The Balaban J connectivity index is 1.57. The molecule has 2 bridgehead atoms. The van der Waals surface area contributed by atoms with E-state index in [4.69, 9.17) is 4.74 Å². The van der Waals surface area contributed by atoms with E-state index in [2.05, 4.69) is 4.98 Å². The van der Waals surface area contributed by atoms with E-state index in [1.54, 1.807) is 10.3 Å². The summed E-state index contributed by atoms with van der Waals surface area (Å²) in [6, 6.07) is 0. The van der Waals surface area contributed by atoms with Gasteiger partial charge < -0.3 is 14.5 Å². The number of morpholine rings is 1. The summed E-state index contributed by atoms with van der Waals surface area (Å²) >= 11 is 1.44. The Labute approximate surface area is 157 Å². The van der Waals surface area contributed by atoms with E-state index in [0.717, 1.165) is 5.01 Å². The molecule has 144 valence electrons. The van der Waals surface area contributed by atoms with Gasteiger partial charge in [0.2, 0.25) is 10.0 Å². The molecule has 3 fully saturated rings. The molecule has 0 aromatic carbocycles. The van der Waals surface area contributed by atoms with Crippen molar-refractivity contribution in [1.82, 2.24) is 19.1 Å². The molecule has 1 amide bonds. The lowest BCUT2D eigenvalue weighted by atomic mass is 9.99. The largest absolute Gasteiger partial charge is 0.365 e. The second-order valence-corrected chi connectivity index (χ2v) is 10.8. The van der Waals surface area contributed by atoms with Crippen molar-refractivity contribution in [3.05, 3.63) is 16.1 Å². The number of fused-ring (bicyclic) bond motifs is 1. The number of ether oxygens (including phenoxy) is 1. The second kappa shape index (κ2) is 6.23. The van der Waals surface area contributed by atoms with Gasteiger partial charge in [0.1, 0.15) is 16.5 Å². The Hall–Kier alpha value is -1.07. The van der Waals surface area contributed by atoms with Crippen LogP contribution in [0.25, 0.3) is 0 Å². The van der Waals surface area contributed by atoms with Crippen LogP contribution < -0.4 is 0 Å². The number of rotatable bonds is 4. The molecule has 4 heterocycles. The maximum absolute atomic E-state index is 13.0. The average molecular weight is 401 g/mol. The zero-order valence-corrected chi connectivity index (χ0v) is 16.8. The van der Waals surface area contributed by atoms with Crippen LogP contribution in [0.3, 0.4) is 0 Å². The van der Waals surface area contributed by atoms with E-state index >= 15 is 0 Å². The molecule has 0 aliphatic carbocycles. The van der Waals surface area contributed by atoms with Crippen molar-refractivity contribution in [2.75, 3.05) is 46.8 Å². The molecule has 10 heteroatoms. The Morgan fingerprint density at radius 3 is 2.88 bits per heavy atom. The number of likely N-dealkylation sites (N-methyl/N-ethyl adjacent to an activating group) is 1. The van der Waals surface area contributed by atoms with Crippen LogP contribution in [0.5, 0.6) is 0 Å². The third-order valence-corrected chi connectivity index (χ3v) is 8.58. The highest BCUT2D eigenvalue weighted by atomic mass is 32.2.